The number of para-hydroxylation sites is 1. The Balaban J connectivity index is 1.85. The molecular formula is C13H21NO2S. The Morgan fingerprint density at radius 3 is 2.71 bits per heavy atom. The molecule has 3 nitrogen and oxygen atoms in total. The number of rotatable bonds is 10. The minimum Gasteiger partial charge on any atom is -0.492 e. The van der Waals surface area contributed by atoms with E-state index in [1.54, 1.807) is 0 Å². The van der Waals surface area contributed by atoms with Gasteiger partial charge in [0.25, 0.3) is 0 Å². The van der Waals surface area contributed by atoms with E-state index >= 15 is 0 Å². The van der Waals surface area contributed by atoms with Crippen molar-refractivity contribution >= 4 is 11.8 Å². The van der Waals surface area contributed by atoms with Gasteiger partial charge >= 0.3 is 0 Å². The van der Waals surface area contributed by atoms with Crippen LogP contribution in [0.5, 0.6) is 5.75 Å². The van der Waals surface area contributed by atoms with Gasteiger partial charge in [-0.3, -0.25) is 0 Å². The SMILES string of the molecule is OCCCSCCNCCOc1ccccc1. The number of ether oxygens (including phenoxy) is 1. The van der Waals surface area contributed by atoms with Crippen LogP contribution in [-0.4, -0.2) is 42.9 Å². The molecule has 0 aliphatic heterocycles. The smallest absolute Gasteiger partial charge is 0.119 e. The molecule has 0 atom stereocenters. The van der Waals surface area contributed by atoms with Gasteiger partial charge in [-0.25, -0.2) is 0 Å². The predicted molar refractivity (Wildman–Crippen MR) is 73.8 cm³/mol. The van der Waals surface area contributed by atoms with Gasteiger partial charge in [0.2, 0.25) is 0 Å². The van der Waals surface area contributed by atoms with Crippen LogP contribution >= 0.6 is 11.8 Å². The minimum absolute atomic E-state index is 0.297. The number of hydrogen-bond acceptors (Lipinski definition) is 4. The molecule has 0 bridgehead atoms. The number of thioether (sulfide) groups is 1. The molecule has 1 aromatic carbocycles. The summed E-state index contributed by atoms with van der Waals surface area (Å²) in [6, 6.07) is 9.85. The Labute approximate surface area is 108 Å². The molecule has 0 aliphatic carbocycles. The highest BCUT2D eigenvalue weighted by Gasteiger charge is 1.92. The molecular weight excluding hydrogens is 234 g/mol. The van der Waals surface area contributed by atoms with E-state index in [0.29, 0.717) is 13.2 Å². The molecule has 17 heavy (non-hydrogen) atoms. The van der Waals surface area contributed by atoms with Crippen LogP contribution in [0.2, 0.25) is 0 Å². The first kappa shape index (κ1) is 14.4. The zero-order chi connectivity index (χ0) is 12.2. The van der Waals surface area contributed by atoms with E-state index in [-0.39, 0.29) is 0 Å². The van der Waals surface area contributed by atoms with Crippen molar-refractivity contribution in [2.75, 3.05) is 37.8 Å². The van der Waals surface area contributed by atoms with E-state index in [2.05, 4.69) is 5.32 Å². The fraction of sp³-hybridized carbons (Fsp3) is 0.538. The van der Waals surface area contributed by atoms with Crippen molar-refractivity contribution in [1.29, 1.82) is 0 Å². The number of aliphatic hydroxyl groups excluding tert-OH is 1. The highest BCUT2D eigenvalue weighted by atomic mass is 32.2. The average Bonchev–Trinajstić information content (AvgIpc) is 2.38. The second-order valence-electron chi connectivity index (χ2n) is 3.60. The van der Waals surface area contributed by atoms with E-state index in [1.807, 2.05) is 42.1 Å². The molecule has 2 N–H and O–H groups in total. The molecule has 4 heteroatoms. The third-order valence-electron chi connectivity index (χ3n) is 2.16. The van der Waals surface area contributed by atoms with Crippen LogP contribution in [0.25, 0.3) is 0 Å². The van der Waals surface area contributed by atoms with Gasteiger partial charge in [-0.2, -0.15) is 11.8 Å². The van der Waals surface area contributed by atoms with Gasteiger partial charge in [0.05, 0.1) is 0 Å². The first-order valence-electron chi connectivity index (χ1n) is 6.00. The summed E-state index contributed by atoms with van der Waals surface area (Å²) in [6.07, 6.45) is 0.891. The zero-order valence-electron chi connectivity index (χ0n) is 10.1. The first-order valence-corrected chi connectivity index (χ1v) is 7.16. The Morgan fingerprint density at radius 1 is 1.12 bits per heavy atom. The highest BCUT2D eigenvalue weighted by Crippen LogP contribution is 2.07. The molecule has 0 radical (unpaired) electrons. The summed E-state index contributed by atoms with van der Waals surface area (Å²) < 4.78 is 5.55. The van der Waals surface area contributed by atoms with Crippen LogP contribution in [0.4, 0.5) is 0 Å². The molecule has 0 fully saturated rings. The molecule has 1 aromatic rings. The maximum Gasteiger partial charge on any atom is 0.119 e. The minimum atomic E-state index is 0.297. The van der Waals surface area contributed by atoms with Crippen LogP contribution in [0.15, 0.2) is 30.3 Å². The fourth-order valence-corrected chi connectivity index (χ4v) is 2.12. The Kier molecular flexibility index (Phi) is 8.82. The van der Waals surface area contributed by atoms with Gasteiger partial charge in [0.15, 0.2) is 0 Å². The number of nitrogens with one attached hydrogen (secondary N) is 1. The van der Waals surface area contributed by atoms with Gasteiger partial charge in [0, 0.05) is 25.4 Å². The predicted octanol–water partition coefficient (Wildman–Crippen LogP) is 1.77. The molecule has 1 rings (SSSR count). The van der Waals surface area contributed by atoms with E-state index in [0.717, 1.165) is 36.8 Å². The van der Waals surface area contributed by atoms with E-state index < -0.39 is 0 Å². The maximum absolute atomic E-state index is 8.60. The fourth-order valence-electron chi connectivity index (χ4n) is 1.30. The monoisotopic (exact) mass is 255 g/mol. The van der Waals surface area contributed by atoms with Crippen molar-refractivity contribution in [1.82, 2.24) is 5.32 Å². The number of aliphatic hydroxyl groups is 1. The quantitative estimate of drug-likeness (QED) is 0.625. The van der Waals surface area contributed by atoms with Crippen molar-refractivity contribution < 1.29 is 9.84 Å². The standard InChI is InChI=1S/C13H21NO2S/c15-9-4-11-17-12-8-14-7-10-16-13-5-2-1-3-6-13/h1-3,5-6,14-15H,4,7-12H2. The zero-order valence-corrected chi connectivity index (χ0v) is 10.9. The molecule has 0 saturated heterocycles. The molecule has 0 amide bonds. The highest BCUT2D eigenvalue weighted by molar-refractivity contribution is 7.99. The Morgan fingerprint density at radius 2 is 1.94 bits per heavy atom. The summed E-state index contributed by atoms with van der Waals surface area (Å²) in [5.74, 6) is 3.05. The lowest BCUT2D eigenvalue weighted by molar-refractivity contribution is 0.296. The summed E-state index contributed by atoms with van der Waals surface area (Å²) in [5.41, 5.74) is 0. The van der Waals surface area contributed by atoms with Crippen LogP contribution in [0.3, 0.4) is 0 Å². The van der Waals surface area contributed by atoms with Gasteiger partial charge < -0.3 is 15.2 Å². The van der Waals surface area contributed by atoms with Crippen LogP contribution < -0.4 is 10.1 Å². The molecule has 0 heterocycles. The average molecular weight is 255 g/mol. The second kappa shape index (κ2) is 10.4. The molecule has 96 valence electrons. The first-order chi connectivity index (χ1) is 8.43. The summed E-state index contributed by atoms with van der Waals surface area (Å²) in [5, 5.41) is 11.9. The van der Waals surface area contributed by atoms with Crippen molar-refractivity contribution in [2.45, 2.75) is 6.42 Å². The molecule has 0 spiro atoms. The number of hydrogen-bond donors (Lipinski definition) is 2. The third-order valence-corrected chi connectivity index (χ3v) is 3.23. The van der Waals surface area contributed by atoms with Crippen molar-refractivity contribution in [3.05, 3.63) is 30.3 Å². The third kappa shape index (κ3) is 8.07. The normalized spacial score (nSPS) is 10.4. The number of benzene rings is 1. The summed E-state index contributed by atoms with van der Waals surface area (Å²) in [7, 11) is 0. The molecule has 0 aliphatic rings. The van der Waals surface area contributed by atoms with Crippen LogP contribution in [0.1, 0.15) is 6.42 Å². The van der Waals surface area contributed by atoms with Crippen molar-refractivity contribution in [3.63, 3.8) is 0 Å². The Bertz CT molecular complexity index is 269. The maximum atomic E-state index is 8.60. The second-order valence-corrected chi connectivity index (χ2v) is 4.83. The van der Waals surface area contributed by atoms with Gasteiger partial charge in [0.1, 0.15) is 12.4 Å². The van der Waals surface area contributed by atoms with Crippen molar-refractivity contribution in [2.24, 2.45) is 0 Å². The lowest BCUT2D eigenvalue weighted by Crippen LogP contribution is -2.23. The van der Waals surface area contributed by atoms with E-state index in [4.69, 9.17) is 9.84 Å². The summed E-state index contributed by atoms with van der Waals surface area (Å²) in [6.45, 7) is 2.86. The molecule has 0 aromatic heterocycles. The molecule has 0 saturated carbocycles. The Hall–Kier alpha value is -0.710. The van der Waals surface area contributed by atoms with Gasteiger partial charge in [-0.15, -0.1) is 0 Å². The van der Waals surface area contributed by atoms with Crippen LogP contribution in [-0.2, 0) is 0 Å². The largest absolute Gasteiger partial charge is 0.492 e. The topological polar surface area (TPSA) is 41.5 Å². The summed E-state index contributed by atoms with van der Waals surface area (Å²) in [4.78, 5) is 0. The van der Waals surface area contributed by atoms with E-state index in [1.165, 1.54) is 0 Å². The van der Waals surface area contributed by atoms with Crippen LogP contribution in [0, 0.1) is 0 Å². The van der Waals surface area contributed by atoms with E-state index in [9.17, 15) is 0 Å². The summed E-state index contributed by atoms with van der Waals surface area (Å²) >= 11 is 1.87. The van der Waals surface area contributed by atoms with Gasteiger partial charge in [-0.1, -0.05) is 18.2 Å². The lowest BCUT2D eigenvalue weighted by Gasteiger charge is -2.07. The molecule has 0 unspecified atom stereocenters. The lowest BCUT2D eigenvalue weighted by atomic mass is 10.3. The van der Waals surface area contributed by atoms with Crippen molar-refractivity contribution in [3.8, 4) is 5.75 Å². The van der Waals surface area contributed by atoms with Gasteiger partial charge in [-0.05, 0) is 24.3 Å².